The maximum Gasteiger partial charge on any atom is 0.168 e. The molecule has 0 bridgehead atoms. The molecule has 3 rings (SSSR count). The van der Waals surface area contributed by atoms with E-state index in [1.807, 2.05) is 0 Å². The van der Waals surface area contributed by atoms with Gasteiger partial charge in [-0.1, -0.05) is 0 Å². The van der Waals surface area contributed by atoms with E-state index < -0.39 is 0 Å². The Labute approximate surface area is 80.4 Å². The fourth-order valence-electron chi connectivity index (χ4n) is 1.87. The van der Waals surface area contributed by atoms with Gasteiger partial charge in [0.25, 0.3) is 0 Å². The van der Waals surface area contributed by atoms with Gasteiger partial charge in [-0.25, -0.2) is 0 Å². The Balaban J connectivity index is 2.12. The highest BCUT2D eigenvalue weighted by molar-refractivity contribution is 6.99. The van der Waals surface area contributed by atoms with Crippen LogP contribution in [-0.2, 0) is 0 Å². The molecule has 4 nitrogen and oxygen atoms in total. The number of aromatic nitrogens is 2. The summed E-state index contributed by atoms with van der Waals surface area (Å²) in [6.07, 6.45) is 1.14. The van der Waals surface area contributed by atoms with Crippen molar-refractivity contribution in [2.24, 2.45) is 0 Å². The summed E-state index contributed by atoms with van der Waals surface area (Å²) in [6, 6.07) is 0. The van der Waals surface area contributed by atoms with Crippen LogP contribution in [-0.4, -0.2) is 28.4 Å². The lowest BCUT2D eigenvalue weighted by molar-refractivity contribution is 0.704. The molecule has 0 radical (unpaired) electrons. The topological polar surface area (TPSA) is 49.8 Å². The molecule has 68 valence electrons. The van der Waals surface area contributed by atoms with Gasteiger partial charge in [0, 0.05) is 13.1 Å². The van der Waals surface area contributed by atoms with Gasteiger partial charge in [-0.2, -0.15) is 8.75 Å². The molecule has 2 aliphatic heterocycles. The molecular formula is C8H10N4S. The quantitative estimate of drug-likeness (QED) is 0.638. The molecule has 5 heteroatoms. The van der Waals surface area contributed by atoms with Crippen molar-refractivity contribution in [2.45, 2.75) is 6.42 Å². The van der Waals surface area contributed by atoms with Crippen LogP contribution in [0.3, 0.4) is 0 Å². The van der Waals surface area contributed by atoms with Gasteiger partial charge in [0.05, 0.1) is 11.7 Å². The van der Waals surface area contributed by atoms with Crippen LogP contribution >= 0.6 is 11.7 Å². The van der Waals surface area contributed by atoms with Gasteiger partial charge in [0.1, 0.15) is 5.69 Å². The lowest BCUT2D eigenvalue weighted by Crippen LogP contribution is -2.29. The third-order valence-electron chi connectivity index (χ3n) is 2.58. The Bertz CT molecular complexity index is 368. The average Bonchev–Trinajstić information content (AvgIpc) is 2.65. The largest absolute Gasteiger partial charge is 0.364 e. The predicted octanol–water partition coefficient (Wildman–Crippen LogP) is 0.710. The molecule has 0 unspecified atom stereocenters. The van der Waals surface area contributed by atoms with Crippen molar-refractivity contribution < 1.29 is 0 Å². The lowest BCUT2D eigenvalue weighted by atomic mass is 9.96. The Kier molecular flexibility index (Phi) is 1.60. The molecule has 0 aliphatic carbocycles. The third kappa shape index (κ3) is 1.08. The van der Waals surface area contributed by atoms with E-state index in [2.05, 4.69) is 19.4 Å². The second kappa shape index (κ2) is 2.78. The Hall–Kier alpha value is -0.940. The number of fused-ring (bicyclic) bond motifs is 2. The average molecular weight is 194 g/mol. The van der Waals surface area contributed by atoms with Crippen molar-refractivity contribution in [3.05, 3.63) is 11.3 Å². The van der Waals surface area contributed by atoms with Crippen LogP contribution in [0.25, 0.3) is 5.57 Å². The predicted molar refractivity (Wildman–Crippen MR) is 52.8 cm³/mol. The Morgan fingerprint density at radius 3 is 3.23 bits per heavy atom. The van der Waals surface area contributed by atoms with Crippen molar-refractivity contribution >= 4 is 23.1 Å². The van der Waals surface area contributed by atoms with E-state index in [1.54, 1.807) is 0 Å². The van der Waals surface area contributed by atoms with Crippen LogP contribution in [0, 0.1) is 0 Å². The summed E-state index contributed by atoms with van der Waals surface area (Å²) in [6.45, 7) is 3.00. The number of anilines is 1. The zero-order valence-corrected chi connectivity index (χ0v) is 7.95. The molecule has 1 aromatic rings. The number of nitrogens with one attached hydrogen (secondary N) is 2. The number of nitrogens with zero attached hydrogens (tertiary/aromatic N) is 2. The maximum absolute atomic E-state index is 4.31. The summed E-state index contributed by atoms with van der Waals surface area (Å²) in [5, 5.41) is 6.66. The SMILES string of the molecule is C1CC2=C(CN1)c1nsnc1NC2. The van der Waals surface area contributed by atoms with Gasteiger partial charge in [-0.15, -0.1) is 0 Å². The standard InChI is InChI=1S/C8H10N4S/c1-2-9-4-6-5(1)3-10-8-7(6)11-13-12-8/h9H,1-4H2,(H,10,12). The molecule has 0 atom stereocenters. The summed E-state index contributed by atoms with van der Waals surface area (Å²) in [4.78, 5) is 0. The summed E-state index contributed by atoms with van der Waals surface area (Å²) in [5.41, 5.74) is 3.94. The molecule has 3 heterocycles. The van der Waals surface area contributed by atoms with Crippen molar-refractivity contribution in [2.75, 3.05) is 25.0 Å². The van der Waals surface area contributed by atoms with Crippen molar-refractivity contribution in [3.63, 3.8) is 0 Å². The van der Waals surface area contributed by atoms with Crippen LogP contribution in [0.4, 0.5) is 5.82 Å². The van der Waals surface area contributed by atoms with Gasteiger partial charge >= 0.3 is 0 Å². The first-order chi connectivity index (χ1) is 6.45. The van der Waals surface area contributed by atoms with Gasteiger partial charge in [-0.05, 0) is 24.1 Å². The van der Waals surface area contributed by atoms with Gasteiger partial charge in [0.15, 0.2) is 5.82 Å². The fraction of sp³-hybridized carbons (Fsp3) is 0.500. The normalized spacial score (nSPS) is 20.6. The van der Waals surface area contributed by atoms with Crippen LogP contribution < -0.4 is 10.6 Å². The van der Waals surface area contributed by atoms with Crippen molar-refractivity contribution in [1.82, 2.24) is 14.1 Å². The second-order valence-electron chi connectivity index (χ2n) is 3.32. The highest BCUT2D eigenvalue weighted by atomic mass is 32.1. The molecule has 13 heavy (non-hydrogen) atoms. The summed E-state index contributed by atoms with van der Waals surface area (Å²) in [5.74, 6) is 0.965. The van der Waals surface area contributed by atoms with Gasteiger partial charge in [-0.3, -0.25) is 0 Å². The van der Waals surface area contributed by atoms with Crippen LogP contribution in [0.2, 0.25) is 0 Å². The van der Waals surface area contributed by atoms with Crippen molar-refractivity contribution in [1.29, 1.82) is 0 Å². The second-order valence-corrected chi connectivity index (χ2v) is 3.85. The van der Waals surface area contributed by atoms with E-state index in [1.165, 1.54) is 22.9 Å². The monoisotopic (exact) mass is 194 g/mol. The Morgan fingerprint density at radius 1 is 1.23 bits per heavy atom. The van der Waals surface area contributed by atoms with Gasteiger partial charge in [0.2, 0.25) is 0 Å². The molecule has 0 fully saturated rings. The fourth-order valence-corrected chi connectivity index (χ4v) is 2.42. The summed E-state index contributed by atoms with van der Waals surface area (Å²) >= 11 is 1.29. The first-order valence-corrected chi connectivity index (χ1v) is 5.16. The number of rotatable bonds is 0. The molecule has 1 aromatic heterocycles. The molecule has 0 amide bonds. The van der Waals surface area contributed by atoms with E-state index in [-0.39, 0.29) is 0 Å². The zero-order chi connectivity index (χ0) is 8.67. The number of hydrogen-bond donors (Lipinski definition) is 2. The highest BCUT2D eigenvalue weighted by Crippen LogP contribution is 2.31. The smallest absolute Gasteiger partial charge is 0.168 e. The number of hydrogen-bond acceptors (Lipinski definition) is 5. The molecule has 0 saturated heterocycles. The first kappa shape index (κ1) is 7.46. The van der Waals surface area contributed by atoms with E-state index in [9.17, 15) is 0 Å². The molecule has 0 saturated carbocycles. The molecular weight excluding hydrogens is 184 g/mol. The molecule has 2 N–H and O–H groups in total. The minimum Gasteiger partial charge on any atom is -0.364 e. The molecule has 0 aromatic carbocycles. The highest BCUT2D eigenvalue weighted by Gasteiger charge is 2.23. The summed E-state index contributed by atoms with van der Waals surface area (Å²) in [7, 11) is 0. The van der Waals surface area contributed by atoms with E-state index in [4.69, 9.17) is 0 Å². The zero-order valence-electron chi connectivity index (χ0n) is 7.13. The van der Waals surface area contributed by atoms with E-state index in [0.29, 0.717) is 0 Å². The first-order valence-electron chi connectivity index (χ1n) is 4.43. The van der Waals surface area contributed by atoms with Crippen LogP contribution in [0.15, 0.2) is 5.57 Å². The van der Waals surface area contributed by atoms with E-state index >= 15 is 0 Å². The minimum absolute atomic E-state index is 0.954. The minimum atomic E-state index is 0.954. The van der Waals surface area contributed by atoms with E-state index in [0.717, 1.165) is 37.6 Å². The van der Waals surface area contributed by atoms with Gasteiger partial charge < -0.3 is 10.6 Å². The van der Waals surface area contributed by atoms with Crippen molar-refractivity contribution in [3.8, 4) is 0 Å². The Morgan fingerprint density at radius 2 is 2.23 bits per heavy atom. The molecule has 0 spiro atoms. The maximum atomic E-state index is 4.31. The molecule has 2 aliphatic rings. The van der Waals surface area contributed by atoms with Crippen LogP contribution in [0.5, 0.6) is 0 Å². The third-order valence-corrected chi connectivity index (χ3v) is 3.10. The lowest BCUT2D eigenvalue weighted by Gasteiger charge is -2.24. The summed E-state index contributed by atoms with van der Waals surface area (Å²) < 4.78 is 8.52. The van der Waals surface area contributed by atoms with Crippen LogP contribution in [0.1, 0.15) is 12.1 Å².